The number of morpholine rings is 1. The zero-order valence-electron chi connectivity index (χ0n) is 14.7. The molecule has 2 unspecified atom stereocenters. The third kappa shape index (κ3) is 5.22. The van der Waals surface area contributed by atoms with E-state index < -0.39 is 0 Å². The van der Waals surface area contributed by atoms with Crippen LogP contribution in [0.25, 0.3) is 0 Å². The van der Waals surface area contributed by atoms with Crippen LogP contribution >= 0.6 is 23.4 Å². The number of anilines is 1. The van der Waals surface area contributed by atoms with E-state index in [4.69, 9.17) is 16.3 Å². The maximum absolute atomic E-state index is 12.4. The number of halogens is 1. The molecule has 0 N–H and O–H groups in total. The van der Waals surface area contributed by atoms with E-state index in [9.17, 15) is 4.79 Å². The van der Waals surface area contributed by atoms with Crippen LogP contribution in [0.5, 0.6) is 0 Å². The van der Waals surface area contributed by atoms with Crippen LogP contribution in [0.1, 0.15) is 27.7 Å². The van der Waals surface area contributed by atoms with Crippen molar-refractivity contribution in [3.8, 4) is 0 Å². The molecule has 8 heteroatoms. The third-order valence-electron chi connectivity index (χ3n) is 3.85. The summed E-state index contributed by atoms with van der Waals surface area (Å²) >= 11 is 7.43. The van der Waals surface area contributed by atoms with Gasteiger partial charge < -0.3 is 14.5 Å². The van der Waals surface area contributed by atoms with Gasteiger partial charge in [-0.05, 0) is 27.7 Å². The molecule has 134 valence electrons. The highest BCUT2D eigenvalue weighted by atomic mass is 35.5. The largest absolute Gasteiger partial charge is 0.372 e. The molecule has 1 aromatic rings. The van der Waals surface area contributed by atoms with Crippen LogP contribution < -0.4 is 4.90 Å². The first-order valence-corrected chi connectivity index (χ1v) is 9.64. The zero-order valence-corrected chi connectivity index (χ0v) is 16.2. The van der Waals surface area contributed by atoms with Crippen LogP contribution in [0.2, 0.25) is 5.15 Å². The molecule has 0 bridgehead atoms. The van der Waals surface area contributed by atoms with Gasteiger partial charge in [0.1, 0.15) is 11.0 Å². The van der Waals surface area contributed by atoms with Gasteiger partial charge in [0.15, 0.2) is 5.16 Å². The molecule has 0 saturated carbocycles. The molecule has 1 saturated heterocycles. The van der Waals surface area contributed by atoms with Gasteiger partial charge in [-0.3, -0.25) is 4.79 Å². The molecule has 1 aliphatic rings. The normalized spacial score (nSPS) is 21.0. The lowest BCUT2D eigenvalue weighted by molar-refractivity contribution is -0.140. The number of rotatable bonds is 6. The van der Waals surface area contributed by atoms with Crippen molar-refractivity contribution in [3.63, 3.8) is 0 Å². The Morgan fingerprint density at radius 1 is 1.33 bits per heavy atom. The Morgan fingerprint density at radius 2 is 1.96 bits per heavy atom. The second-order valence-electron chi connectivity index (χ2n) is 5.85. The smallest absolute Gasteiger partial charge is 0.233 e. The second-order valence-corrected chi connectivity index (χ2v) is 7.18. The summed E-state index contributed by atoms with van der Waals surface area (Å²) in [5.74, 6) is 1.18. The lowest BCUT2D eigenvalue weighted by Gasteiger charge is -2.35. The number of thioether (sulfide) groups is 1. The molecule has 0 spiro atoms. The minimum atomic E-state index is 0.0689. The molecular weight excluding hydrogens is 348 g/mol. The number of hydrogen-bond donors (Lipinski definition) is 0. The highest BCUT2D eigenvalue weighted by Gasteiger charge is 2.26. The van der Waals surface area contributed by atoms with E-state index in [0.717, 1.165) is 18.9 Å². The van der Waals surface area contributed by atoms with Crippen molar-refractivity contribution in [2.24, 2.45) is 0 Å². The summed E-state index contributed by atoms with van der Waals surface area (Å²) in [6.07, 6.45) is 0.138. The highest BCUT2D eigenvalue weighted by molar-refractivity contribution is 7.99. The minimum absolute atomic E-state index is 0.0689. The van der Waals surface area contributed by atoms with E-state index in [1.807, 2.05) is 18.7 Å². The van der Waals surface area contributed by atoms with Gasteiger partial charge in [0.25, 0.3) is 0 Å². The molecule has 2 atom stereocenters. The van der Waals surface area contributed by atoms with Gasteiger partial charge in [0.05, 0.1) is 18.0 Å². The Hall–Kier alpha value is -1.05. The number of nitrogens with zero attached hydrogens (tertiary/aromatic N) is 4. The van der Waals surface area contributed by atoms with Crippen molar-refractivity contribution in [2.45, 2.75) is 45.1 Å². The zero-order chi connectivity index (χ0) is 17.7. The van der Waals surface area contributed by atoms with E-state index in [1.54, 1.807) is 6.07 Å². The number of hydrogen-bond acceptors (Lipinski definition) is 6. The minimum Gasteiger partial charge on any atom is -0.372 e. The average molecular weight is 373 g/mol. The van der Waals surface area contributed by atoms with E-state index in [0.29, 0.717) is 29.2 Å². The van der Waals surface area contributed by atoms with Crippen LogP contribution in [0.15, 0.2) is 11.2 Å². The fourth-order valence-corrected chi connectivity index (χ4v) is 3.74. The average Bonchev–Trinajstić information content (AvgIpc) is 2.52. The fraction of sp³-hybridized carbons (Fsp3) is 0.688. The van der Waals surface area contributed by atoms with E-state index in [-0.39, 0.29) is 18.1 Å². The summed E-state index contributed by atoms with van der Waals surface area (Å²) in [6, 6.07) is 1.76. The molecule has 2 rings (SSSR count). The maximum Gasteiger partial charge on any atom is 0.233 e. The van der Waals surface area contributed by atoms with E-state index >= 15 is 0 Å². The summed E-state index contributed by atoms with van der Waals surface area (Å²) in [5.41, 5.74) is 0. The molecule has 0 aliphatic carbocycles. The second kappa shape index (κ2) is 8.87. The van der Waals surface area contributed by atoms with Gasteiger partial charge in [-0.2, -0.15) is 0 Å². The lowest BCUT2D eigenvalue weighted by Crippen LogP contribution is -2.48. The molecular formula is C16H25ClN4O2S. The fourth-order valence-electron chi connectivity index (χ4n) is 2.76. The van der Waals surface area contributed by atoms with Crippen LogP contribution in [-0.4, -0.2) is 64.9 Å². The van der Waals surface area contributed by atoms with Gasteiger partial charge in [-0.1, -0.05) is 23.4 Å². The number of carbonyl (C=O) groups is 1. The van der Waals surface area contributed by atoms with Crippen LogP contribution in [0.4, 0.5) is 5.82 Å². The molecule has 2 heterocycles. The SMILES string of the molecule is CCN(CC)c1cc(Cl)nc(SCC(=O)N2CC(C)OC(C)C2)n1. The molecule has 1 fully saturated rings. The van der Waals surface area contributed by atoms with Crippen LogP contribution in [-0.2, 0) is 9.53 Å². The van der Waals surface area contributed by atoms with Gasteiger partial charge in [-0.25, -0.2) is 9.97 Å². The number of aromatic nitrogens is 2. The van der Waals surface area contributed by atoms with Gasteiger partial charge >= 0.3 is 0 Å². The predicted octanol–water partition coefficient (Wildman–Crippen LogP) is 2.70. The maximum atomic E-state index is 12.4. The van der Waals surface area contributed by atoms with Gasteiger partial charge in [0.2, 0.25) is 5.91 Å². The van der Waals surface area contributed by atoms with Crippen LogP contribution in [0, 0.1) is 0 Å². The predicted molar refractivity (Wildman–Crippen MR) is 97.9 cm³/mol. The van der Waals surface area contributed by atoms with E-state index in [2.05, 4.69) is 28.7 Å². The summed E-state index contributed by atoms with van der Waals surface area (Å²) in [5, 5.41) is 0.933. The summed E-state index contributed by atoms with van der Waals surface area (Å²) in [4.78, 5) is 25.1. The Morgan fingerprint density at radius 3 is 2.54 bits per heavy atom. The summed E-state index contributed by atoms with van der Waals surface area (Å²) < 4.78 is 5.66. The first-order chi connectivity index (χ1) is 11.4. The Labute approximate surface area is 152 Å². The third-order valence-corrected chi connectivity index (χ3v) is 4.87. The molecule has 0 radical (unpaired) electrons. The first-order valence-electron chi connectivity index (χ1n) is 8.28. The molecule has 1 amide bonds. The Kier molecular flexibility index (Phi) is 7.13. The molecule has 24 heavy (non-hydrogen) atoms. The molecule has 0 aromatic carbocycles. The number of amides is 1. The first kappa shape index (κ1) is 19.3. The van der Waals surface area contributed by atoms with Gasteiger partial charge in [0, 0.05) is 32.2 Å². The molecule has 6 nitrogen and oxygen atoms in total. The summed E-state index contributed by atoms with van der Waals surface area (Å²) in [6.45, 7) is 11.1. The molecule has 1 aliphatic heterocycles. The number of carbonyl (C=O) groups excluding carboxylic acids is 1. The van der Waals surface area contributed by atoms with E-state index in [1.165, 1.54) is 11.8 Å². The van der Waals surface area contributed by atoms with Crippen LogP contribution in [0.3, 0.4) is 0 Å². The van der Waals surface area contributed by atoms with Crippen molar-refractivity contribution in [2.75, 3.05) is 36.8 Å². The highest BCUT2D eigenvalue weighted by Crippen LogP contribution is 2.22. The van der Waals surface area contributed by atoms with Crippen molar-refractivity contribution >= 4 is 35.1 Å². The molecule has 1 aromatic heterocycles. The Bertz CT molecular complexity index is 561. The lowest BCUT2D eigenvalue weighted by atomic mass is 10.2. The topological polar surface area (TPSA) is 58.6 Å². The standard InChI is InChI=1S/C16H25ClN4O2S/c1-5-20(6-2)14-7-13(17)18-16(19-14)24-10-15(22)21-8-11(3)23-12(4)9-21/h7,11-12H,5-6,8-10H2,1-4H3. The van der Waals surface area contributed by atoms with Crippen molar-refractivity contribution in [1.82, 2.24) is 14.9 Å². The quantitative estimate of drug-likeness (QED) is 0.434. The summed E-state index contributed by atoms with van der Waals surface area (Å²) in [7, 11) is 0. The van der Waals surface area contributed by atoms with Crippen molar-refractivity contribution in [3.05, 3.63) is 11.2 Å². The van der Waals surface area contributed by atoms with Crippen molar-refractivity contribution < 1.29 is 9.53 Å². The number of ether oxygens (including phenoxy) is 1. The van der Waals surface area contributed by atoms with Crippen molar-refractivity contribution in [1.29, 1.82) is 0 Å². The monoisotopic (exact) mass is 372 g/mol. The Balaban J connectivity index is 1.99. The van der Waals surface area contributed by atoms with Gasteiger partial charge in [-0.15, -0.1) is 0 Å².